The molecule has 0 radical (unpaired) electrons. The van der Waals surface area contributed by atoms with Crippen molar-refractivity contribution < 1.29 is 37.0 Å². The fourth-order valence-corrected chi connectivity index (χ4v) is 2.64. The van der Waals surface area contributed by atoms with Gasteiger partial charge in [-0.3, -0.25) is 18.9 Å². The van der Waals surface area contributed by atoms with Crippen molar-refractivity contribution in [2.75, 3.05) is 24.1 Å². The highest BCUT2D eigenvalue weighted by molar-refractivity contribution is 14.1. The summed E-state index contributed by atoms with van der Waals surface area (Å²) < 4.78 is 32.3. The molecule has 0 aromatic carbocycles. The minimum Gasteiger partial charge on any atom is -0.354 e. The van der Waals surface area contributed by atoms with E-state index in [9.17, 15) is 27.6 Å². The summed E-state index contributed by atoms with van der Waals surface area (Å²) in [6, 6.07) is 0. The summed E-state index contributed by atoms with van der Waals surface area (Å²) in [5, 5.41) is 2.76. The first-order valence-corrected chi connectivity index (χ1v) is 9.69. The van der Waals surface area contributed by atoms with Crippen LogP contribution in [0.25, 0.3) is 0 Å². The molecule has 0 bridgehead atoms. The van der Waals surface area contributed by atoms with Gasteiger partial charge in [-0.2, -0.15) is 12.7 Å². The lowest BCUT2D eigenvalue weighted by Gasteiger charge is -2.19. The van der Waals surface area contributed by atoms with E-state index < -0.39 is 41.1 Å². The normalized spacial score (nSPS) is 15.0. The monoisotopic (exact) mass is 477 g/mol. The first-order chi connectivity index (χ1) is 11.1. The Kier molecular flexibility index (Phi) is 7.98. The lowest BCUT2D eigenvalue weighted by atomic mass is 10.4. The number of hydrogen-bond acceptors (Lipinski definition) is 7. The summed E-state index contributed by atoms with van der Waals surface area (Å²) in [5.41, 5.74) is 0. The van der Waals surface area contributed by atoms with Gasteiger partial charge in [-0.15, -0.1) is 5.06 Å². The Balaban J connectivity index is 2.49. The summed E-state index contributed by atoms with van der Waals surface area (Å²) in [7, 11) is -4.59. The van der Waals surface area contributed by atoms with Crippen LogP contribution in [-0.4, -0.2) is 70.1 Å². The molecule has 0 unspecified atom stereocenters. The Morgan fingerprint density at radius 1 is 1.25 bits per heavy atom. The third-order valence-corrected chi connectivity index (χ3v) is 4.61. The number of carbonyl (C=O) groups is 4. The number of carbonyl (C=O) groups excluding carboxylic acids is 4. The number of nitrogens with one attached hydrogen (secondary N) is 1. The largest absolute Gasteiger partial charge is 0.354 e. The Labute approximate surface area is 151 Å². The molecule has 0 aromatic rings. The molecule has 2 N–H and O–H groups in total. The van der Waals surface area contributed by atoms with Crippen LogP contribution in [0, 0.1) is 0 Å². The van der Waals surface area contributed by atoms with Crippen LogP contribution in [0.2, 0.25) is 0 Å². The minimum absolute atomic E-state index is 0.0558. The molecular weight excluding hydrogens is 461 g/mol. The smallest absolute Gasteiger partial charge is 0.335 e. The van der Waals surface area contributed by atoms with Crippen LogP contribution in [0.5, 0.6) is 0 Å². The van der Waals surface area contributed by atoms with Gasteiger partial charge in [0.15, 0.2) is 0 Å². The van der Waals surface area contributed by atoms with Crippen LogP contribution < -0.4 is 5.32 Å². The average Bonchev–Trinajstić information content (AvgIpc) is 2.80. The predicted octanol–water partition coefficient (Wildman–Crippen LogP) is -1.36. The quantitative estimate of drug-likeness (QED) is 0.179. The van der Waals surface area contributed by atoms with Crippen LogP contribution in [0.15, 0.2) is 0 Å². The molecule has 1 aliphatic rings. The molecule has 136 valence electrons. The van der Waals surface area contributed by atoms with Crippen molar-refractivity contribution in [3.8, 4) is 0 Å². The summed E-state index contributed by atoms with van der Waals surface area (Å²) in [5.74, 6) is -2.61. The molecule has 1 rings (SSSR count). The van der Waals surface area contributed by atoms with Crippen LogP contribution >= 0.6 is 22.6 Å². The molecule has 13 heteroatoms. The van der Waals surface area contributed by atoms with Crippen molar-refractivity contribution >= 4 is 56.6 Å². The SMILES string of the molecule is O=C(CI)NCCN(CCC(=O)ON1C(=O)CCC1=O)S(=O)(=O)O. The molecule has 0 aliphatic carbocycles. The van der Waals surface area contributed by atoms with E-state index in [0.29, 0.717) is 9.37 Å². The fourth-order valence-electron chi connectivity index (χ4n) is 1.73. The van der Waals surface area contributed by atoms with Crippen LogP contribution in [0.1, 0.15) is 19.3 Å². The minimum atomic E-state index is -4.59. The van der Waals surface area contributed by atoms with Gasteiger partial charge in [0.1, 0.15) is 0 Å². The molecule has 3 amide bonds. The van der Waals surface area contributed by atoms with E-state index in [1.54, 1.807) is 0 Å². The first-order valence-electron chi connectivity index (χ1n) is 6.77. The fraction of sp³-hybridized carbons (Fsp3) is 0.636. The van der Waals surface area contributed by atoms with Gasteiger partial charge in [0, 0.05) is 32.5 Å². The molecule has 1 saturated heterocycles. The van der Waals surface area contributed by atoms with E-state index in [4.69, 9.17) is 4.55 Å². The van der Waals surface area contributed by atoms with Gasteiger partial charge < -0.3 is 10.2 Å². The molecular formula is C11H16IN3O8S. The second-order valence-electron chi connectivity index (χ2n) is 4.66. The molecule has 1 fully saturated rings. The number of hydroxylamine groups is 2. The van der Waals surface area contributed by atoms with Gasteiger partial charge in [0.25, 0.3) is 11.8 Å². The van der Waals surface area contributed by atoms with Gasteiger partial charge in [-0.1, -0.05) is 22.6 Å². The summed E-state index contributed by atoms with van der Waals surface area (Å²) >= 11 is 1.82. The lowest BCUT2D eigenvalue weighted by molar-refractivity contribution is -0.197. The van der Waals surface area contributed by atoms with E-state index in [-0.39, 0.29) is 36.3 Å². The molecule has 0 atom stereocenters. The van der Waals surface area contributed by atoms with Crippen molar-refractivity contribution in [1.82, 2.24) is 14.7 Å². The molecule has 0 spiro atoms. The molecule has 24 heavy (non-hydrogen) atoms. The Morgan fingerprint density at radius 2 is 1.83 bits per heavy atom. The zero-order valence-corrected chi connectivity index (χ0v) is 15.4. The molecule has 0 saturated carbocycles. The number of nitrogens with zero attached hydrogens (tertiary/aromatic N) is 2. The number of hydrogen-bond donors (Lipinski definition) is 2. The van der Waals surface area contributed by atoms with Gasteiger partial charge in [0.05, 0.1) is 10.8 Å². The van der Waals surface area contributed by atoms with Gasteiger partial charge in [-0.05, 0) is 0 Å². The Hall–Kier alpha value is -1.32. The van der Waals surface area contributed by atoms with E-state index in [2.05, 4.69) is 10.2 Å². The topological polar surface area (TPSA) is 150 Å². The van der Waals surface area contributed by atoms with Gasteiger partial charge >= 0.3 is 16.3 Å². The lowest BCUT2D eigenvalue weighted by Crippen LogP contribution is -2.40. The highest BCUT2D eigenvalue weighted by atomic mass is 127. The maximum absolute atomic E-state index is 11.6. The van der Waals surface area contributed by atoms with Crippen LogP contribution in [0.4, 0.5) is 0 Å². The molecule has 0 aromatic heterocycles. The van der Waals surface area contributed by atoms with Crippen LogP contribution in [-0.2, 0) is 34.3 Å². The number of imide groups is 1. The Bertz CT molecular complexity index is 607. The number of halogens is 1. The van der Waals surface area contributed by atoms with Crippen molar-refractivity contribution in [2.24, 2.45) is 0 Å². The van der Waals surface area contributed by atoms with Gasteiger partial charge in [0.2, 0.25) is 5.91 Å². The van der Waals surface area contributed by atoms with Crippen molar-refractivity contribution in [3.63, 3.8) is 0 Å². The van der Waals surface area contributed by atoms with E-state index >= 15 is 0 Å². The van der Waals surface area contributed by atoms with E-state index in [1.165, 1.54) is 0 Å². The van der Waals surface area contributed by atoms with Crippen molar-refractivity contribution in [1.29, 1.82) is 0 Å². The highest BCUT2D eigenvalue weighted by Gasteiger charge is 2.33. The maximum Gasteiger partial charge on any atom is 0.335 e. The first kappa shape index (κ1) is 20.7. The number of alkyl halides is 1. The summed E-state index contributed by atoms with van der Waals surface area (Å²) in [6.07, 6.45) is -0.601. The molecule has 1 aliphatic heterocycles. The maximum atomic E-state index is 11.6. The zero-order chi connectivity index (χ0) is 18.3. The second-order valence-corrected chi connectivity index (χ2v) is 6.83. The van der Waals surface area contributed by atoms with Crippen molar-refractivity contribution in [2.45, 2.75) is 19.3 Å². The van der Waals surface area contributed by atoms with E-state index in [1.807, 2.05) is 22.6 Å². The standard InChI is InChI=1S/C11H16IN3O8S/c12-7-8(16)13-4-6-14(24(20,21)22)5-3-11(19)23-15-9(17)1-2-10(15)18/h1-7H2,(H,13,16)(H,20,21,22). The number of rotatable bonds is 9. The molecule has 11 nitrogen and oxygen atoms in total. The second kappa shape index (κ2) is 9.24. The average molecular weight is 477 g/mol. The van der Waals surface area contributed by atoms with Crippen molar-refractivity contribution in [3.05, 3.63) is 0 Å². The number of amides is 3. The summed E-state index contributed by atoms with van der Waals surface area (Å²) in [4.78, 5) is 49.8. The van der Waals surface area contributed by atoms with Crippen LogP contribution in [0.3, 0.4) is 0 Å². The third-order valence-electron chi connectivity index (χ3n) is 2.90. The Morgan fingerprint density at radius 3 is 2.33 bits per heavy atom. The third kappa shape index (κ3) is 6.66. The zero-order valence-electron chi connectivity index (χ0n) is 12.4. The van der Waals surface area contributed by atoms with E-state index in [0.717, 1.165) is 0 Å². The van der Waals surface area contributed by atoms with Gasteiger partial charge in [-0.25, -0.2) is 4.79 Å². The molecule has 1 heterocycles. The summed E-state index contributed by atoms with van der Waals surface area (Å²) in [6.45, 7) is -0.746. The predicted molar refractivity (Wildman–Crippen MR) is 86.8 cm³/mol. The highest BCUT2D eigenvalue weighted by Crippen LogP contribution is 2.12.